The third-order valence-electron chi connectivity index (χ3n) is 2.30. The molecule has 1 atom stereocenters. The second kappa shape index (κ2) is 5.58. The smallest absolute Gasteiger partial charge is 0.258 e. The third-order valence-corrected chi connectivity index (χ3v) is 3.73. The summed E-state index contributed by atoms with van der Waals surface area (Å²) < 4.78 is 26.2. The molecule has 0 saturated carbocycles. The minimum Gasteiger partial charge on any atom is -0.315 e. The summed E-state index contributed by atoms with van der Waals surface area (Å²) in [4.78, 5) is 3.82. The molecule has 2 N–H and O–H groups in total. The molecule has 1 aliphatic rings. The topological polar surface area (TPSA) is 71.1 Å². The fourth-order valence-corrected chi connectivity index (χ4v) is 2.76. The van der Waals surface area contributed by atoms with Gasteiger partial charge in [0.2, 0.25) is 0 Å². The molecular weight excluding hydrogens is 250 g/mol. The molecule has 1 fully saturated rings. The summed E-state index contributed by atoms with van der Waals surface area (Å²) in [5, 5.41) is 3.18. The fourth-order valence-electron chi connectivity index (χ4n) is 1.54. The van der Waals surface area contributed by atoms with Crippen LogP contribution in [0.3, 0.4) is 0 Å². The minimum atomic E-state index is -3.44. The highest BCUT2D eigenvalue weighted by Crippen LogP contribution is 2.07. The Morgan fingerprint density at radius 2 is 2.25 bits per heavy atom. The van der Waals surface area contributed by atoms with Crippen molar-refractivity contribution in [2.75, 3.05) is 13.1 Å². The van der Waals surface area contributed by atoms with Crippen molar-refractivity contribution in [2.45, 2.75) is 17.5 Å². The van der Waals surface area contributed by atoms with Crippen molar-refractivity contribution in [1.82, 2.24) is 15.0 Å². The van der Waals surface area contributed by atoms with E-state index in [1.54, 1.807) is 12.1 Å². The SMILES string of the molecule is Cl.O=S(=O)(NC1CCNC1)c1ccccn1. The van der Waals surface area contributed by atoms with Crippen molar-refractivity contribution in [2.24, 2.45) is 0 Å². The van der Waals surface area contributed by atoms with Crippen LogP contribution >= 0.6 is 12.4 Å². The summed E-state index contributed by atoms with van der Waals surface area (Å²) in [6.45, 7) is 1.54. The number of halogens is 1. The second-order valence-corrected chi connectivity index (χ2v) is 5.14. The average Bonchev–Trinajstić information content (AvgIpc) is 2.71. The van der Waals surface area contributed by atoms with E-state index in [0.717, 1.165) is 13.0 Å². The molecule has 0 bridgehead atoms. The molecule has 1 unspecified atom stereocenters. The molecule has 0 spiro atoms. The van der Waals surface area contributed by atoms with Gasteiger partial charge in [0.25, 0.3) is 10.0 Å². The molecule has 90 valence electrons. The molecule has 0 aliphatic carbocycles. The molecule has 2 rings (SSSR count). The lowest BCUT2D eigenvalue weighted by Gasteiger charge is -2.10. The van der Waals surface area contributed by atoms with Gasteiger partial charge in [-0.05, 0) is 25.1 Å². The highest BCUT2D eigenvalue weighted by Gasteiger charge is 2.23. The summed E-state index contributed by atoms with van der Waals surface area (Å²) in [6.07, 6.45) is 2.30. The van der Waals surface area contributed by atoms with E-state index in [1.165, 1.54) is 12.3 Å². The Morgan fingerprint density at radius 3 is 2.81 bits per heavy atom. The highest BCUT2D eigenvalue weighted by molar-refractivity contribution is 7.89. The van der Waals surface area contributed by atoms with Crippen LogP contribution in [0.25, 0.3) is 0 Å². The number of hydrogen-bond acceptors (Lipinski definition) is 4. The molecule has 0 aromatic carbocycles. The molecule has 7 heteroatoms. The van der Waals surface area contributed by atoms with Crippen molar-refractivity contribution in [1.29, 1.82) is 0 Å². The summed E-state index contributed by atoms with van der Waals surface area (Å²) in [7, 11) is -3.44. The summed E-state index contributed by atoms with van der Waals surface area (Å²) in [5.41, 5.74) is 0. The van der Waals surface area contributed by atoms with Crippen LogP contribution in [0.15, 0.2) is 29.4 Å². The first-order valence-electron chi connectivity index (χ1n) is 4.82. The maximum Gasteiger partial charge on any atom is 0.258 e. The van der Waals surface area contributed by atoms with Gasteiger partial charge < -0.3 is 5.32 Å². The number of sulfonamides is 1. The van der Waals surface area contributed by atoms with Gasteiger partial charge in [0.1, 0.15) is 0 Å². The molecular formula is C9H14ClN3O2S. The van der Waals surface area contributed by atoms with E-state index >= 15 is 0 Å². The van der Waals surface area contributed by atoms with Gasteiger partial charge in [0, 0.05) is 18.8 Å². The van der Waals surface area contributed by atoms with Crippen molar-refractivity contribution >= 4 is 22.4 Å². The molecule has 2 heterocycles. The molecule has 1 aromatic rings. The molecule has 0 radical (unpaired) electrons. The van der Waals surface area contributed by atoms with E-state index in [9.17, 15) is 8.42 Å². The van der Waals surface area contributed by atoms with E-state index in [0.29, 0.717) is 6.54 Å². The zero-order valence-corrected chi connectivity index (χ0v) is 10.2. The van der Waals surface area contributed by atoms with Gasteiger partial charge in [0.05, 0.1) is 0 Å². The van der Waals surface area contributed by atoms with Crippen molar-refractivity contribution in [3.05, 3.63) is 24.4 Å². The Bertz CT molecular complexity index is 418. The van der Waals surface area contributed by atoms with Crippen molar-refractivity contribution in [3.63, 3.8) is 0 Å². The first-order chi connectivity index (χ1) is 7.18. The average molecular weight is 264 g/mol. The van der Waals surface area contributed by atoms with Crippen LogP contribution in [-0.4, -0.2) is 32.5 Å². The Labute approximate surface area is 101 Å². The number of nitrogens with zero attached hydrogens (tertiary/aromatic N) is 1. The molecule has 1 aromatic heterocycles. The maximum absolute atomic E-state index is 11.8. The standard InChI is InChI=1S/C9H13N3O2S.ClH/c13-15(14,9-3-1-2-5-11-9)12-8-4-6-10-7-8;/h1-3,5,8,10,12H,4,6-7H2;1H. The second-order valence-electron chi connectivity index (χ2n) is 3.48. The van der Waals surface area contributed by atoms with E-state index in [1.807, 2.05) is 0 Å². The van der Waals surface area contributed by atoms with Crippen molar-refractivity contribution < 1.29 is 8.42 Å². The first-order valence-corrected chi connectivity index (χ1v) is 6.31. The van der Waals surface area contributed by atoms with Crippen LogP contribution in [0.1, 0.15) is 6.42 Å². The van der Waals surface area contributed by atoms with E-state index in [2.05, 4.69) is 15.0 Å². The Balaban J connectivity index is 0.00000128. The summed E-state index contributed by atoms with van der Waals surface area (Å²) >= 11 is 0. The predicted molar refractivity (Wildman–Crippen MR) is 63.1 cm³/mol. The predicted octanol–water partition coefficient (Wildman–Crippen LogP) is 0.144. The van der Waals surface area contributed by atoms with Gasteiger partial charge in [-0.1, -0.05) is 6.07 Å². The molecule has 1 saturated heterocycles. The van der Waals surface area contributed by atoms with E-state index in [4.69, 9.17) is 0 Å². The lowest BCUT2D eigenvalue weighted by molar-refractivity contribution is 0.556. The van der Waals surface area contributed by atoms with Gasteiger partial charge in [0.15, 0.2) is 5.03 Å². The number of pyridine rings is 1. The van der Waals surface area contributed by atoms with Crippen LogP contribution < -0.4 is 10.0 Å². The largest absolute Gasteiger partial charge is 0.315 e. The normalized spacial score (nSPS) is 20.4. The van der Waals surface area contributed by atoms with Crippen LogP contribution in [0.2, 0.25) is 0 Å². The number of nitrogens with one attached hydrogen (secondary N) is 2. The van der Waals surface area contributed by atoms with Gasteiger partial charge in [-0.3, -0.25) is 0 Å². The fraction of sp³-hybridized carbons (Fsp3) is 0.444. The van der Waals surface area contributed by atoms with Gasteiger partial charge >= 0.3 is 0 Å². The quantitative estimate of drug-likeness (QED) is 0.814. The van der Waals surface area contributed by atoms with E-state index < -0.39 is 10.0 Å². The Hall–Kier alpha value is -0.690. The highest BCUT2D eigenvalue weighted by atomic mass is 35.5. The van der Waals surface area contributed by atoms with Crippen LogP contribution in [0.4, 0.5) is 0 Å². The first kappa shape index (κ1) is 13.4. The number of rotatable bonds is 3. The minimum absolute atomic E-state index is 0. The number of hydrogen-bond donors (Lipinski definition) is 2. The molecule has 0 amide bonds. The Morgan fingerprint density at radius 1 is 1.44 bits per heavy atom. The Kier molecular flexibility index (Phi) is 4.67. The summed E-state index contributed by atoms with van der Waals surface area (Å²) in [6, 6.07) is 4.83. The number of aromatic nitrogens is 1. The molecule has 5 nitrogen and oxygen atoms in total. The monoisotopic (exact) mass is 263 g/mol. The molecule has 1 aliphatic heterocycles. The van der Waals surface area contributed by atoms with Crippen LogP contribution in [0, 0.1) is 0 Å². The van der Waals surface area contributed by atoms with Gasteiger partial charge in [-0.25, -0.2) is 18.1 Å². The maximum atomic E-state index is 11.8. The zero-order chi connectivity index (χ0) is 10.7. The lowest BCUT2D eigenvalue weighted by atomic mass is 10.3. The molecule has 16 heavy (non-hydrogen) atoms. The van der Waals surface area contributed by atoms with Gasteiger partial charge in [-0.15, -0.1) is 12.4 Å². The third kappa shape index (κ3) is 3.15. The van der Waals surface area contributed by atoms with E-state index in [-0.39, 0.29) is 23.5 Å². The van der Waals surface area contributed by atoms with Crippen LogP contribution in [0.5, 0.6) is 0 Å². The lowest BCUT2D eigenvalue weighted by Crippen LogP contribution is -2.36. The van der Waals surface area contributed by atoms with Crippen molar-refractivity contribution in [3.8, 4) is 0 Å². The zero-order valence-electron chi connectivity index (χ0n) is 8.59. The van der Waals surface area contributed by atoms with Gasteiger partial charge in [-0.2, -0.15) is 0 Å². The summed E-state index contributed by atoms with van der Waals surface area (Å²) in [5.74, 6) is 0. The van der Waals surface area contributed by atoms with Crippen LogP contribution in [-0.2, 0) is 10.0 Å².